The molecule has 158 valence electrons. The first-order valence-electron chi connectivity index (χ1n) is 9.77. The van der Waals surface area contributed by atoms with Gasteiger partial charge in [0.25, 0.3) is 0 Å². The Kier molecular flexibility index (Phi) is 4.54. The van der Waals surface area contributed by atoms with Crippen molar-refractivity contribution in [3.05, 3.63) is 60.0 Å². The molecule has 2 aromatic carbocycles. The van der Waals surface area contributed by atoms with Crippen LogP contribution >= 0.6 is 0 Å². The molecule has 2 N–H and O–H groups in total. The average molecular weight is 421 g/mol. The van der Waals surface area contributed by atoms with E-state index in [-0.39, 0.29) is 5.75 Å². The quantitative estimate of drug-likeness (QED) is 0.498. The number of methoxy groups -OCH3 is 1. The summed E-state index contributed by atoms with van der Waals surface area (Å²) in [5.74, 6) is 0.712. The van der Waals surface area contributed by atoms with Gasteiger partial charge < -0.3 is 24.6 Å². The van der Waals surface area contributed by atoms with Gasteiger partial charge in [0.15, 0.2) is 28.8 Å². The van der Waals surface area contributed by atoms with Gasteiger partial charge in [-0.05, 0) is 43.3 Å². The molecule has 0 fully saturated rings. The maximum absolute atomic E-state index is 14.4. The molecule has 0 saturated carbocycles. The van der Waals surface area contributed by atoms with Crippen molar-refractivity contribution in [1.82, 2.24) is 9.38 Å². The smallest absolute Gasteiger partial charge is 0.194 e. The zero-order valence-electron chi connectivity index (χ0n) is 17.0. The van der Waals surface area contributed by atoms with Crippen LogP contribution in [0.2, 0.25) is 0 Å². The summed E-state index contributed by atoms with van der Waals surface area (Å²) in [6.45, 7) is 2.97. The highest BCUT2D eigenvalue weighted by Crippen LogP contribution is 2.39. The number of aromatic nitrogens is 2. The molecule has 0 atom stereocenters. The second-order valence-electron chi connectivity index (χ2n) is 7.16. The molecule has 5 rings (SSSR count). The van der Waals surface area contributed by atoms with Crippen molar-refractivity contribution < 1.29 is 23.7 Å². The van der Waals surface area contributed by atoms with E-state index in [9.17, 15) is 9.50 Å². The van der Waals surface area contributed by atoms with Crippen LogP contribution in [0.3, 0.4) is 0 Å². The van der Waals surface area contributed by atoms with Crippen molar-refractivity contribution >= 4 is 17.2 Å². The summed E-state index contributed by atoms with van der Waals surface area (Å²) in [6, 6.07) is 14.1. The number of aromatic hydroxyl groups is 1. The lowest BCUT2D eigenvalue weighted by Gasteiger charge is -2.19. The van der Waals surface area contributed by atoms with E-state index in [4.69, 9.17) is 19.2 Å². The molecule has 0 unspecified atom stereocenters. The van der Waals surface area contributed by atoms with Crippen molar-refractivity contribution in [1.29, 1.82) is 0 Å². The van der Waals surface area contributed by atoms with Crippen LogP contribution in [0.4, 0.5) is 15.9 Å². The third-order valence-electron chi connectivity index (χ3n) is 5.17. The van der Waals surface area contributed by atoms with Gasteiger partial charge in [-0.3, -0.25) is 4.40 Å². The molecule has 0 radical (unpaired) electrons. The SMILES string of the molecule is COc1cc(-c2nc3cccc(C)n3c2Nc2ccc3c(c2)OCCO3)cc(F)c1O. The van der Waals surface area contributed by atoms with Crippen molar-refractivity contribution in [3.63, 3.8) is 0 Å². The monoisotopic (exact) mass is 421 g/mol. The lowest BCUT2D eigenvalue weighted by molar-refractivity contribution is 0.171. The van der Waals surface area contributed by atoms with Crippen molar-refractivity contribution in [2.45, 2.75) is 6.92 Å². The number of fused-ring (bicyclic) bond motifs is 2. The highest BCUT2D eigenvalue weighted by molar-refractivity contribution is 5.81. The molecule has 1 aliphatic rings. The maximum atomic E-state index is 14.4. The summed E-state index contributed by atoms with van der Waals surface area (Å²) in [7, 11) is 1.38. The van der Waals surface area contributed by atoms with Gasteiger partial charge in [-0.1, -0.05) is 6.07 Å². The van der Waals surface area contributed by atoms with Gasteiger partial charge >= 0.3 is 0 Å². The Bertz CT molecular complexity index is 1300. The molecule has 0 bridgehead atoms. The molecule has 31 heavy (non-hydrogen) atoms. The van der Waals surface area contributed by atoms with E-state index in [0.29, 0.717) is 47.4 Å². The van der Waals surface area contributed by atoms with Crippen LogP contribution in [-0.2, 0) is 0 Å². The number of hydrogen-bond acceptors (Lipinski definition) is 6. The highest BCUT2D eigenvalue weighted by atomic mass is 19.1. The first kappa shape index (κ1) is 19.0. The van der Waals surface area contributed by atoms with Gasteiger partial charge in [0.2, 0.25) is 0 Å². The average Bonchev–Trinajstić information content (AvgIpc) is 3.15. The zero-order valence-corrected chi connectivity index (χ0v) is 17.0. The van der Waals surface area contributed by atoms with E-state index in [1.165, 1.54) is 13.2 Å². The summed E-state index contributed by atoms with van der Waals surface area (Å²) in [5.41, 5.74) is 3.39. The first-order chi connectivity index (χ1) is 15.0. The second kappa shape index (κ2) is 7.39. The standard InChI is InChI=1S/C23H20FN3O4/c1-13-4-3-5-20-26-21(14-10-16(24)22(28)19(11-14)29-2)23(27(13)20)25-15-6-7-17-18(12-15)31-9-8-30-17/h3-7,10-12,25,28H,8-9H2,1-2H3. The Morgan fingerprint density at radius 3 is 2.71 bits per heavy atom. The second-order valence-corrected chi connectivity index (χ2v) is 7.16. The Morgan fingerprint density at radius 2 is 1.90 bits per heavy atom. The molecule has 0 saturated heterocycles. The normalized spacial score (nSPS) is 12.7. The lowest BCUT2D eigenvalue weighted by Crippen LogP contribution is -2.15. The number of phenolic OH excluding ortho intramolecular Hbond substituents is 1. The predicted octanol–water partition coefficient (Wildman–Crippen LogP) is 4.68. The minimum Gasteiger partial charge on any atom is -0.502 e. The van der Waals surface area contributed by atoms with Gasteiger partial charge in [0.1, 0.15) is 30.4 Å². The minimum atomic E-state index is -0.784. The number of imidazole rings is 1. The number of phenols is 1. The fraction of sp³-hybridized carbons (Fsp3) is 0.174. The van der Waals surface area contributed by atoms with Gasteiger partial charge in [-0.2, -0.15) is 0 Å². The Balaban J connectivity index is 1.68. The first-order valence-corrected chi connectivity index (χ1v) is 9.77. The van der Waals surface area contributed by atoms with E-state index in [2.05, 4.69) is 5.32 Å². The van der Waals surface area contributed by atoms with E-state index >= 15 is 0 Å². The summed E-state index contributed by atoms with van der Waals surface area (Å²) in [6.07, 6.45) is 0. The number of pyridine rings is 1. The van der Waals surface area contributed by atoms with Crippen molar-refractivity contribution in [3.8, 4) is 34.3 Å². The molecule has 3 heterocycles. The lowest BCUT2D eigenvalue weighted by atomic mass is 10.1. The zero-order chi connectivity index (χ0) is 21.5. The van der Waals surface area contributed by atoms with Crippen LogP contribution in [0.1, 0.15) is 5.69 Å². The van der Waals surface area contributed by atoms with Crippen LogP contribution in [0.25, 0.3) is 16.9 Å². The topological polar surface area (TPSA) is 77.3 Å². The van der Waals surface area contributed by atoms with Crippen LogP contribution < -0.4 is 19.5 Å². The number of halogens is 1. The highest BCUT2D eigenvalue weighted by Gasteiger charge is 2.20. The number of nitrogens with one attached hydrogen (secondary N) is 1. The van der Waals surface area contributed by atoms with Crippen LogP contribution in [0.15, 0.2) is 48.5 Å². The van der Waals surface area contributed by atoms with E-state index in [0.717, 1.165) is 11.4 Å². The van der Waals surface area contributed by atoms with E-state index in [1.807, 2.05) is 47.7 Å². The van der Waals surface area contributed by atoms with Gasteiger partial charge in [0, 0.05) is 23.0 Å². The van der Waals surface area contributed by atoms with Gasteiger partial charge in [-0.15, -0.1) is 0 Å². The molecule has 0 aliphatic carbocycles. The van der Waals surface area contributed by atoms with Crippen LogP contribution in [0, 0.1) is 12.7 Å². The van der Waals surface area contributed by atoms with Crippen molar-refractivity contribution in [2.75, 3.05) is 25.6 Å². The van der Waals surface area contributed by atoms with Crippen LogP contribution in [-0.4, -0.2) is 34.8 Å². The van der Waals surface area contributed by atoms with Crippen molar-refractivity contribution in [2.24, 2.45) is 0 Å². The third-order valence-corrected chi connectivity index (χ3v) is 5.17. The Labute approximate surface area is 177 Å². The molecular formula is C23H20FN3O4. The Hall–Kier alpha value is -3.94. The number of aryl methyl sites for hydroxylation is 1. The minimum absolute atomic E-state index is 0.0362. The molecule has 0 spiro atoms. The maximum Gasteiger partial charge on any atom is 0.194 e. The molecule has 7 nitrogen and oxygen atoms in total. The number of ether oxygens (including phenoxy) is 3. The largest absolute Gasteiger partial charge is 0.502 e. The number of hydrogen-bond donors (Lipinski definition) is 2. The molecule has 2 aromatic heterocycles. The predicted molar refractivity (Wildman–Crippen MR) is 114 cm³/mol. The number of nitrogens with zero attached hydrogens (tertiary/aromatic N) is 2. The fourth-order valence-electron chi connectivity index (χ4n) is 3.70. The molecule has 4 aromatic rings. The molecule has 8 heteroatoms. The molecular weight excluding hydrogens is 401 g/mol. The summed E-state index contributed by atoms with van der Waals surface area (Å²) >= 11 is 0. The number of benzene rings is 2. The van der Waals surface area contributed by atoms with Crippen LogP contribution in [0.5, 0.6) is 23.0 Å². The Morgan fingerprint density at radius 1 is 1.10 bits per heavy atom. The molecule has 1 aliphatic heterocycles. The number of anilines is 2. The van der Waals surface area contributed by atoms with Gasteiger partial charge in [-0.25, -0.2) is 9.37 Å². The summed E-state index contributed by atoms with van der Waals surface area (Å²) < 4.78 is 32.7. The van der Waals surface area contributed by atoms with E-state index in [1.54, 1.807) is 6.07 Å². The fourth-order valence-corrected chi connectivity index (χ4v) is 3.70. The third kappa shape index (κ3) is 3.26. The molecule has 0 amide bonds. The number of rotatable bonds is 4. The summed E-state index contributed by atoms with van der Waals surface area (Å²) in [5, 5.41) is 13.3. The summed E-state index contributed by atoms with van der Waals surface area (Å²) in [4.78, 5) is 4.71. The van der Waals surface area contributed by atoms with Gasteiger partial charge in [0.05, 0.1) is 7.11 Å². The van der Waals surface area contributed by atoms with E-state index < -0.39 is 11.6 Å².